The number of rotatable bonds is 7. The average Bonchev–Trinajstić information content (AvgIpc) is 3.03. The molecule has 0 saturated heterocycles. The molecule has 3 aromatic rings. The van der Waals surface area contributed by atoms with E-state index in [1.165, 1.54) is 23.8 Å². The summed E-state index contributed by atoms with van der Waals surface area (Å²) in [6.45, 7) is 23.1. The van der Waals surface area contributed by atoms with Crippen molar-refractivity contribution in [3.8, 4) is 0 Å². The van der Waals surface area contributed by atoms with Crippen molar-refractivity contribution in [2.24, 2.45) is 4.99 Å². The van der Waals surface area contributed by atoms with Crippen LogP contribution in [0.1, 0.15) is 57.7 Å². The van der Waals surface area contributed by atoms with Gasteiger partial charge in [-0.05, 0) is 63.0 Å². The number of nitrogens with one attached hydrogen (secondary N) is 1. The predicted molar refractivity (Wildman–Crippen MR) is 185 cm³/mol. The second-order valence-corrected chi connectivity index (χ2v) is 8.98. The quantitative estimate of drug-likeness (QED) is 0.146. The Morgan fingerprint density at radius 3 is 1.93 bits per heavy atom. The predicted octanol–water partition coefficient (Wildman–Crippen LogP) is 9.87. The molecule has 0 aliphatic heterocycles. The Balaban J connectivity index is -0.000000315. The maximum atomic E-state index is 14.4. The van der Waals surface area contributed by atoms with Crippen molar-refractivity contribution in [2.75, 3.05) is 12.4 Å². The SMILES string of the molecule is C=C(C)\C(C)=C(/C=N/C(=C\C)c1c(F)ccc(NC)c1F)CC.C=C(C)c1ccccc1.C=O.C=O.Cc1[c-]ncc(F)c1.[CH3-].[U+2]. The smallest absolute Gasteiger partial charge is 0.391 e. The number of nitrogens with zero attached hydrogens (tertiary/aromatic N) is 2. The summed E-state index contributed by atoms with van der Waals surface area (Å²) >= 11 is 0. The zero-order valence-electron chi connectivity index (χ0n) is 28.2. The van der Waals surface area contributed by atoms with Gasteiger partial charge in [0, 0.05) is 19.1 Å². The zero-order valence-corrected chi connectivity index (χ0v) is 32.4. The van der Waals surface area contributed by atoms with E-state index >= 15 is 0 Å². The van der Waals surface area contributed by atoms with E-state index in [-0.39, 0.29) is 61.3 Å². The van der Waals surface area contributed by atoms with Gasteiger partial charge >= 0.3 is 31.1 Å². The van der Waals surface area contributed by atoms with Gasteiger partial charge in [0.25, 0.3) is 0 Å². The van der Waals surface area contributed by atoms with Crippen LogP contribution in [0.4, 0.5) is 18.9 Å². The maximum absolute atomic E-state index is 14.4. The first kappa shape index (κ1) is 49.1. The number of anilines is 1. The number of carbonyl (C=O) groups excluding carboxylic acids is 2. The number of pyridine rings is 1. The molecular weight excluding hydrogens is 813 g/mol. The minimum absolute atomic E-state index is 0. The molecule has 0 spiro atoms. The molecule has 0 unspecified atom stereocenters. The number of hydrogen-bond acceptors (Lipinski definition) is 5. The van der Waals surface area contributed by atoms with E-state index in [4.69, 9.17) is 9.59 Å². The van der Waals surface area contributed by atoms with Crippen molar-refractivity contribution in [1.82, 2.24) is 4.98 Å². The third kappa shape index (κ3) is 18.2. The summed E-state index contributed by atoms with van der Waals surface area (Å²) in [5.41, 5.74) is 6.42. The van der Waals surface area contributed by atoms with Crippen LogP contribution in [0.25, 0.3) is 11.3 Å². The number of hydrogen-bond donors (Lipinski definition) is 1. The first-order valence-corrected chi connectivity index (χ1v) is 13.5. The molecular formula is C37H46F3N3O2U. The van der Waals surface area contributed by atoms with Gasteiger partial charge in [-0.2, -0.15) is 0 Å². The summed E-state index contributed by atoms with van der Waals surface area (Å²) < 4.78 is 40.6. The van der Waals surface area contributed by atoms with Crippen molar-refractivity contribution >= 4 is 36.8 Å². The summed E-state index contributed by atoms with van der Waals surface area (Å²) in [6, 6.07) is 14.1. The molecule has 0 radical (unpaired) electrons. The molecule has 0 atom stereocenters. The molecule has 0 fully saturated rings. The van der Waals surface area contributed by atoms with Crippen molar-refractivity contribution < 1.29 is 53.9 Å². The monoisotopic (exact) mass is 859 g/mol. The summed E-state index contributed by atoms with van der Waals surface area (Å²) in [6.07, 6.45) is 7.73. The Morgan fingerprint density at radius 1 is 1.00 bits per heavy atom. The summed E-state index contributed by atoms with van der Waals surface area (Å²) in [4.78, 5) is 23.8. The molecule has 0 bridgehead atoms. The maximum Gasteiger partial charge on any atom is 2.00 e. The molecule has 1 N–H and O–H groups in total. The van der Waals surface area contributed by atoms with Crippen LogP contribution in [0.3, 0.4) is 0 Å². The van der Waals surface area contributed by atoms with Crippen LogP contribution in [0.15, 0.2) is 95.7 Å². The van der Waals surface area contributed by atoms with Gasteiger partial charge in [-0.1, -0.05) is 87.0 Å². The van der Waals surface area contributed by atoms with E-state index in [1.54, 1.807) is 33.2 Å². The number of carbonyl (C=O) groups is 2. The van der Waals surface area contributed by atoms with E-state index in [1.807, 2.05) is 59.5 Å². The van der Waals surface area contributed by atoms with Gasteiger partial charge in [0.1, 0.15) is 19.4 Å². The minimum atomic E-state index is -0.642. The first-order valence-electron chi connectivity index (χ1n) is 13.5. The molecule has 9 heteroatoms. The van der Waals surface area contributed by atoms with Crippen LogP contribution >= 0.6 is 0 Å². The zero-order chi connectivity index (χ0) is 34.2. The summed E-state index contributed by atoms with van der Waals surface area (Å²) in [5, 5.41) is 2.71. The Labute approximate surface area is 297 Å². The number of aromatic nitrogens is 1. The molecule has 0 amide bonds. The molecule has 46 heavy (non-hydrogen) atoms. The van der Waals surface area contributed by atoms with Crippen LogP contribution < -0.4 is 5.32 Å². The second-order valence-electron chi connectivity index (χ2n) is 8.98. The number of halogens is 3. The van der Waals surface area contributed by atoms with Crippen molar-refractivity contribution in [3.63, 3.8) is 0 Å². The Morgan fingerprint density at radius 2 is 1.57 bits per heavy atom. The van der Waals surface area contributed by atoms with Crippen LogP contribution in [0.2, 0.25) is 0 Å². The van der Waals surface area contributed by atoms with E-state index in [2.05, 4.69) is 46.8 Å². The first-order chi connectivity index (χ1) is 21.0. The molecule has 246 valence electrons. The summed E-state index contributed by atoms with van der Waals surface area (Å²) in [7, 11) is 1.59. The fraction of sp³-hybridized carbons (Fsp3) is 0.216. The van der Waals surface area contributed by atoms with Crippen molar-refractivity contribution in [1.29, 1.82) is 0 Å². The van der Waals surface area contributed by atoms with Crippen LogP contribution in [-0.4, -0.2) is 31.8 Å². The second kappa shape index (κ2) is 28.7. The molecule has 1 heterocycles. The minimum Gasteiger partial charge on any atom is -0.391 e. The number of benzene rings is 2. The van der Waals surface area contributed by atoms with Gasteiger partial charge in [-0.3, -0.25) is 4.99 Å². The Bertz CT molecular complexity index is 1400. The normalized spacial score (nSPS) is 10.2. The molecule has 1 aromatic heterocycles. The summed E-state index contributed by atoms with van der Waals surface area (Å²) in [5.74, 6) is -1.58. The number of aliphatic imine (C=N–C) groups is 1. The van der Waals surface area contributed by atoms with E-state index < -0.39 is 11.6 Å². The average molecular weight is 860 g/mol. The number of allylic oxidation sites excluding steroid dienone is 5. The van der Waals surface area contributed by atoms with E-state index in [0.29, 0.717) is 0 Å². The Hall–Kier alpha value is -3.80. The standard InChI is InChI=1S/C19H24F2N2.C9H10.C6H5FN.2CH2O.CH3.U/c1-7-14(13(5)12(3)4)11-23-16(8-2)18-15(20)9-10-17(22-6)19(18)21;1-8(2)9-6-4-3-5-7-9;1-5-2-6(7)4-8-3-5;2*1-2;;/h8-11,22H,3,7H2,1-2,4-6H3;3-7H,1H2,2H3;2,4H,1H3;2*1H2;1H3;/q;;-1;;;-1;+2/b14-13-,16-8-,23-11+;;;;;;. The van der Waals surface area contributed by atoms with Gasteiger partial charge in [-0.15, -0.1) is 11.6 Å². The van der Waals surface area contributed by atoms with E-state index in [0.717, 1.165) is 40.5 Å². The van der Waals surface area contributed by atoms with Gasteiger partial charge in [-0.25, -0.2) is 13.2 Å². The Kier molecular flexibility index (Phi) is 30.6. The molecule has 0 saturated carbocycles. The van der Waals surface area contributed by atoms with Gasteiger partial charge in [0.05, 0.1) is 16.9 Å². The molecule has 2 aromatic carbocycles. The van der Waals surface area contributed by atoms with Crippen LogP contribution in [0.5, 0.6) is 0 Å². The molecule has 3 rings (SSSR count). The van der Waals surface area contributed by atoms with Gasteiger partial charge < -0.3 is 27.3 Å². The third-order valence-corrected chi connectivity index (χ3v) is 5.80. The van der Waals surface area contributed by atoms with Crippen molar-refractivity contribution in [3.05, 3.63) is 138 Å². The van der Waals surface area contributed by atoms with E-state index in [9.17, 15) is 13.2 Å². The number of aryl methyl sites for hydroxylation is 1. The van der Waals surface area contributed by atoms with Gasteiger partial charge in [0.2, 0.25) is 0 Å². The van der Waals surface area contributed by atoms with Crippen LogP contribution in [0, 0.1) is 69.1 Å². The molecule has 0 aliphatic carbocycles. The van der Waals surface area contributed by atoms with Gasteiger partial charge in [0.15, 0.2) is 5.82 Å². The topological polar surface area (TPSA) is 71.4 Å². The van der Waals surface area contributed by atoms with Crippen LogP contribution in [-0.2, 0) is 9.59 Å². The third-order valence-electron chi connectivity index (χ3n) is 5.80. The fourth-order valence-corrected chi connectivity index (χ4v) is 3.33. The fourth-order valence-electron chi connectivity index (χ4n) is 3.33. The molecule has 5 nitrogen and oxygen atoms in total. The largest absolute Gasteiger partial charge is 2.00 e. The molecule has 0 aliphatic rings. The van der Waals surface area contributed by atoms with Crippen molar-refractivity contribution in [2.45, 2.75) is 48.0 Å².